The highest BCUT2D eigenvalue weighted by Crippen LogP contribution is 2.63. The molecule has 0 unspecified atom stereocenters. The van der Waals surface area contributed by atoms with Crippen LogP contribution in [0.2, 0.25) is 0 Å². The van der Waals surface area contributed by atoms with Crippen molar-refractivity contribution < 1.29 is 4.74 Å². The Morgan fingerprint density at radius 1 is 0.526 bits per heavy atom. The SMILES string of the molecule is [C-]#[N+]c1ccc2c(c1)c1cc([N+]#[C-])ccc1n2-c1ccc2c(c1)C1(c3cc(N4c5ccccc5Sc5ccccc54)ccc3O2)c2cccnc2-c2ncccc21. The molecular formula is C49H26N6OS. The molecule has 0 saturated heterocycles. The summed E-state index contributed by atoms with van der Waals surface area (Å²) in [5.74, 6) is 1.52. The molecule has 2 aliphatic heterocycles. The van der Waals surface area contributed by atoms with Crippen molar-refractivity contribution in [3.63, 3.8) is 0 Å². The molecule has 57 heavy (non-hydrogen) atoms. The van der Waals surface area contributed by atoms with Crippen molar-refractivity contribution in [1.82, 2.24) is 14.5 Å². The van der Waals surface area contributed by atoms with Gasteiger partial charge in [0.2, 0.25) is 0 Å². The van der Waals surface area contributed by atoms with Gasteiger partial charge in [0.1, 0.15) is 11.5 Å². The molecular weight excluding hydrogens is 721 g/mol. The number of hydrogen-bond donors (Lipinski definition) is 0. The highest BCUT2D eigenvalue weighted by atomic mass is 32.2. The van der Waals surface area contributed by atoms with Crippen molar-refractivity contribution in [2.45, 2.75) is 15.2 Å². The minimum atomic E-state index is -0.834. The van der Waals surface area contributed by atoms with Crippen LogP contribution in [-0.4, -0.2) is 14.5 Å². The Kier molecular flexibility index (Phi) is 6.49. The number of fused-ring (bicyclic) bond motifs is 14. The van der Waals surface area contributed by atoms with Crippen molar-refractivity contribution in [2.75, 3.05) is 4.90 Å². The van der Waals surface area contributed by atoms with Crippen molar-refractivity contribution in [3.8, 4) is 28.6 Å². The number of aromatic nitrogens is 3. The van der Waals surface area contributed by atoms with Gasteiger partial charge in [0.25, 0.3) is 0 Å². The van der Waals surface area contributed by atoms with Crippen LogP contribution < -0.4 is 9.64 Å². The lowest BCUT2D eigenvalue weighted by atomic mass is 9.66. The van der Waals surface area contributed by atoms with Gasteiger partial charge < -0.3 is 14.2 Å². The minimum absolute atomic E-state index is 0.552. The molecule has 12 rings (SSSR count). The van der Waals surface area contributed by atoms with Crippen LogP contribution in [-0.2, 0) is 5.41 Å². The number of para-hydroxylation sites is 2. The molecule has 7 nitrogen and oxygen atoms in total. The summed E-state index contributed by atoms with van der Waals surface area (Å²) < 4.78 is 9.17. The molecule has 0 amide bonds. The maximum atomic E-state index is 7.75. The van der Waals surface area contributed by atoms with Gasteiger partial charge in [-0.2, -0.15) is 0 Å². The molecule has 8 heteroatoms. The fourth-order valence-electron chi connectivity index (χ4n) is 9.26. The fourth-order valence-corrected chi connectivity index (χ4v) is 10.3. The first-order chi connectivity index (χ1) is 28.1. The molecule has 5 heterocycles. The zero-order chi connectivity index (χ0) is 37.8. The Balaban J connectivity index is 1.16. The zero-order valence-corrected chi connectivity index (χ0v) is 30.8. The lowest BCUT2D eigenvalue weighted by Crippen LogP contribution is -2.32. The number of ether oxygens (including phenoxy) is 1. The molecule has 0 saturated carbocycles. The van der Waals surface area contributed by atoms with Crippen LogP contribution in [0.5, 0.6) is 11.5 Å². The van der Waals surface area contributed by atoms with E-state index in [1.807, 2.05) is 60.9 Å². The van der Waals surface area contributed by atoms with Gasteiger partial charge in [-0.05, 0) is 119 Å². The van der Waals surface area contributed by atoms with Crippen molar-refractivity contribution >= 4 is 62.0 Å². The zero-order valence-electron chi connectivity index (χ0n) is 30.0. The average molecular weight is 747 g/mol. The first-order valence-electron chi connectivity index (χ1n) is 18.5. The highest BCUT2D eigenvalue weighted by Gasteiger charge is 2.53. The summed E-state index contributed by atoms with van der Waals surface area (Å²) in [5, 5.41) is 1.85. The maximum Gasteiger partial charge on any atom is 0.188 e. The van der Waals surface area contributed by atoms with Gasteiger partial charge in [-0.15, -0.1) is 0 Å². The monoisotopic (exact) mass is 746 g/mol. The van der Waals surface area contributed by atoms with E-state index in [1.54, 1.807) is 11.8 Å². The molecule has 1 spiro atoms. The Morgan fingerprint density at radius 3 is 1.61 bits per heavy atom. The molecule has 3 aromatic heterocycles. The van der Waals surface area contributed by atoms with Gasteiger partial charge in [-0.3, -0.25) is 9.97 Å². The van der Waals surface area contributed by atoms with E-state index in [1.165, 1.54) is 9.79 Å². The van der Waals surface area contributed by atoms with Gasteiger partial charge >= 0.3 is 0 Å². The van der Waals surface area contributed by atoms with Crippen LogP contribution in [0.4, 0.5) is 28.4 Å². The summed E-state index contributed by atoms with van der Waals surface area (Å²) in [6.45, 7) is 15.5. The van der Waals surface area contributed by atoms with Gasteiger partial charge in [0, 0.05) is 44.7 Å². The second kappa shape index (κ2) is 11.7. The molecule has 0 radical (unpaired) electrons. The molecule has 0 N–H and O–H groups in total. The molecule has 0 fully saturated rings. The summed E-state index contributed by atoms with van der Waals surface area (Å²) in [5.41, 5.74) is 12.1. The topological polar surface area (TPSA) is 51.9 Å². The van der Waals surface area contributed by atoms with Crippen LogP contribution in [0.1, 0.15) is 22.3 Å². The number of anilines is 3. The van der Waals surface area contributed by atoms with Gasteiger partial charge in [-0.1, -0.05) is 60.3 Å². The highest BCUT2D eigenvalue weighted by molar-refractivity contribution is 7.99. The molecule has 9 aromatic rings. The first kappa shape index (κ1) is 31.7. The average Bonchev–Trinajstić information content (AvgIpc) is 3.75. The maximum absolute atomic E-state index is 7.75. The Labute approximate surface area is 331 Å². The third-order valence-corrected chi connectivity index (χ3v) is 12.7. The van der Waals surface area contributed by atoms with Gasteiger partial charge in [-0.25, -0.2) is 9.69 Å². The summed E-state index contributed by atoms with van der Waals surface area (Å²) in [7, 11) is 0. The third-order valence-electron chi connectivity index (χ3n) is 11.5. The van der Waals surface area contributed by atoms with E-state index in [0.29, 0.717) is 11.4 Å². The first-order valence-corrected chi connectivity index (χ1v) is 19.4. The number of rotatable bonds is 2. The van der Waals surface area contributed by atoms with Crippen LogP contribution in [0.15, 0.2) is 168 Å². The Hall–Kier alpha value is -7.65. The smallest absolute Gasteiger partial charge is 0.188 e. The third kappa shape index (κ3) is 4.25. The van der Waals surface area contributed by atoms with E-state index < -0.39 is 5.41 Å². The Morgan fingerprint density at radius 2 is 1.05 bits per heavy atom. The van der Waals surface area contributed by atoms with Crippen molar-refractivity contribution in [3.05, 3.63) is 203 Å². The lowest BCUT2D eigenvalue weighted by molar-refractivity contribution is 0.436. The Bertz CT molecular complexity index is 3150. The molecule has 264 valence electrons. The van der Waals surface area contributed by atoms with E-state index in [9.17, 15) is 0 Å². The van der Waals surface area contributed by atoms with Gasteiger partial charge in [0.05, 0.1) is 52.4 Å². The quantitative estimate of drug-likeness (QED) is 0.165. The molecule has 6 aromatic carbocycles. The van der Waals surface area contributed by atoms with Gasteiger partial charge in [0.15, 0.2) is 11.4 Å². The largest absolute Gasteiger partial charge is 0.457 e. The molecule has 0 atom stereocenters. The summed E-state index contributed by atoms with van der Waals surface area (Å²) in [6.07, 6.45) is 3.69. The second-order valence-electron chi connectivity index (χ2n) is 14.3. The molecule has 0 bridgehead atoms. The van der Waals surface area contributed by atoms with Crippen LogP contribution in [0, 0.1) is 13.1 Å². The lowest BCUT2D eigenvalue weighted by Gasteiger charge is -2.40. The van der Waals surface area contributed by atoms with Crippen LogP contribution >= 0.6 is 11.8 Å². The normalized spacial score (nSPS) is 13.8. The van der Waals surface area contributed by atoms with E-state index in [-0.39, 0.29) is 0 Å². The predicted octanol–water partition coefficient (Wildman–Crippen LogP) is 13.1. The van der Waals surface area contributed by atoms with E-state index in [0.717, 1.165) is 89.7 Å². The van der Waals surface area contributed by atoms with E-state index in [4.69, 9.17) is 27.8 Å². The number of pyridine rings is 2. The predicted molar refractivity (Wildman–Crippen MR) is 225 cm³/mol. The second-order valence-corrected chi connectivity index (χ2v) is 15.4. The van der Waals surface area contributed by atoms with Crippen LogP contribution in [0.25, 0.3) is 48.6 Å². The fraction of sp³-hybridized carbons (Fsp3) is 0.0204. The van der Waals surface area contributed by atoms with Crippen molar-refractivity contribution in [2.24, 2.45) is 0 Å². The standard InChI is InChI=1S/C49H26N6OS/c1-50-29-15-19-39-33(25-29)34-26-30(51-2)16-20-40(34)54(39)31-17-21-43-37(27-31)49(35-9-7-23-52-47(35)48-36(49)10-8-24-53-48)38-28-32(18-22-44(38)56-43)55-41-11-3-5-13-45(41)57-46-14-6-4-12-42(46)55/h3-28H. The number of benzene rings is 6. The molecule has 3 aliphatic rings. The molecule has 1 aliphatic carbocycles. The number of hydrogen-bond acceptors (Lipinski definition) is 5. The van der Waals surface area contributed by atoms with E-state index in [2.05, 4.69) is 116 Å². The summed E-state index contributed by atoms with van der Waals surface area (Å²) in [6, 6.07) is 50.1. The minimum Gasteiger partial charge on any atom is -0.457 e. The van der Waals surface area contributed by atoms with Crippen LogP contribution in [0.3, 0.4) is 0 Å². The van der Waals surface area contributed by atoms with Crippen molar-refractivity contribution in [1.29, 1.82) is 0 Å². The van der Waals surface area contributed by atoms with E-state index >= 15 is 0 Å². The number of nitrogens with zero attached hydrogens (tertiary/aromatic N) is 6. The summed E-state index contributed by atoms with van der Waals surface area (Å²) >= 11 is 1.79. The summed E-state index contributed by atoms with van der Waals surface area (Å²) in [4.78, 5) is 22.2.